The zero-order valence-corrected chi connectivity index (χ0v) is 16.2. The van der Waals surface area contributed by atoms with Crippen molar-refractivity contribution in [2.45, 2.75) is 18.4 Å². The number of hydrogen-bond acceptors (Lipinski definition) is 5. The smallest absolute Gasteiger partial charge is 0.322 e. The molecule has 1 spiro atoms. The third-order valence-corrected chi connectivity index (χ3v) is 6.25. The summed E-state index contributed by atoms with van der Waals surface area (Å²) in [5.74, 6) is -0.599. The number of urea groups is 1. The number of amides is 4. The Morgan fingerprint density at radius 1 is 1.22 bits per heavy atom. The zero-order chi connectivity index (χ0) is 19.2. The van der Waals surface area contributed by atoms with E-state index in [4.69, 9.17) is 23.2 Å². The number of likely N-dealkylation sites (tertiary alicyclic amines) is 1. The van der Waals surface area contributed by atoms with Crippen LogP contribution in [0.2, 0.25) is 10.0 Å². The van der Waals surface area contributed by atoms with Crippen molar-refractivity contribution in [3.8, 4) is 11.3 Å². The number of carbonyl (C=O) groups is 3. The summed E-state index contributed by atoms with van der Waals surface area (Å²) in [6.07, 6.45) is 1.13. The minimum atomic E-state index is -1.04. The SMILES string of the molecule is O=C1NC(=O)C2(CCCN(C(=O)c3cc(-c4ccc(Cl)c(Cl)c4)ns3)C2)N1. The Morgan fingerprint density at radius 3 is 2.74 bits per heavy atom. The van der Waals surface area contributed by atoms with E-state index in [-0.39, 0.29) is 18.4 Å². The third-order valence-electron chi connectivity index (χ3n) is 4.73. The molecule has 1 atom stereocenters. The van der Waals surface area contributed by atoms with Gasteiger partial charge in [-0.15, -0.1) is 0 Å². The summed E-state index contributed by atoms with van der Waals surface area (Å²) in [4.78, 5) is 38.6. The topological polar surface area (TPSA) is 91.4 Å². The van der Waals surface area contributed by atoms with Crippen LogP contribution in [0.25, 0.3) is 11.3 Å². The Balaban J connectivity index is 1.55. The van der Waals surface area contributed by atoms with Gasteiger partial charge in [0.25, 0.3) is 11.8 Å². The number of rotatable bonds is 2. The quantitative estimate of drug-likeness (QED) is 0.724. The molecule has 2 saturated heterocycles. The van der Waals surface area contributed by atoms with E-state index < -0.39 is 11.6 Å². The molecule has 1 unspecified atom stereocenters. The van der Waals surface area contributed by atoms with E-state index in [1.54, 1.807) is 29.2 Å². The first kappa shape index (κ1) is 18.2. The van der Waals surface area contributed by atoms with Crippen molar-refractivity contribution >= 4 is 52.6 Å². The van der Waals surface area contributed by atoms with Gasteiger partial charge in [-0.2, -0.15) is 4.37 Å². The van der Waals surface area contributed by atoms with E-state index >= 15 is 0 Å². The Kier molecular flexibility index (Phi) is 4.57. The Hall–Kier alpha value is -2.16. The predicted octanol–water partition coefficient (Wildman–Crippen LogP) is 2.93. The lowest BCUT2D eigenvalue weighted by Gasteiger charge is -2.37. The molecule has 2 aliphatic heterocycles. The maximum absolute atomic E-state index is 12.9. The van der Waals surface area contributed by atoms with Gasteiger partial charge in [0, 0.05) is 12.1 Å². The largest absolute Gasteiger partial charge is 0.335 e. The molecule has 2 aromatic rings. The van der Waals surface area contributed by atoms with Gasteiger partial charge in [0.15, 0.2) is 0 Å². The van der Waals surface area contributed by atoms with Gasteiger partial charge in [-0.1, -0.05) is 29.3 Å². The summed E-state index contributed by atoms with van der Waals surface area (Å²) in [7, 11) is 0. The lowest BCUT2D eigenvalue weighted by molar-refractivity contribution is -0.125. The number of nitrogens with one attached hydrogen (secondary N) is 2. The second-order valence-corrected chi connectivity index (χ2v) is 8.15. The maximum Gasteiger partial charge on any atom is 0.322 e. The number of carbonyl (C=O) groups excluding carboxylic acids is 3. The summed E-state index contributed by atoms with van der Waals surface area (Å²) in [6, 6.07) is 6.33. The first-order chi connectivity index (χ1) is 12.9. The summed E-state index contributed by atoms with van der Waals surface area (Å²) in [5, 5.41) is 5.78. The summed E-state index contributed by atoms with van der Waals surface area (Å²) in [6.45, 7) is 0.660. The molecule has 2 fully saturated rings. The molecular formula is C17H14Cl2N4O3S. The average molecular weight is 425 g/mol. The molecule has 1 aromatic carbocycles. The molecule has 0 saturated carbocycles. The Labute approximate surface area is 168 Å². The minimum Gasteiger partial charge on any atom is -0.335 e. The van der Waals surface area contributed by atoms with Gasteiger partial charge in [0.1, 0.15) is 10.4 Å². The number of piperidine rings is 1. The van der Waals surface area contributed by atoms with E-state index in [0.29, 0.717) is 40.0 Å². The van der Waals surface area contributed by atoms with E-state index in [1.807, 2.05) is 0 Å². The van der Waals surface area contributed by atoms with Gasteiger partial charge >= 0.3 is 6.03 Å². The molecule has 0 bridgehead atoms. The van der Waals surface area contributed by atoms with Crippen LogP contribution >= 0.6 is 34.7 Å². The standard InChI is InChI=1S/C17H14Cl2N4O3S/c18-10-3-2-9(6-11(10)19)12-7-13(27-22-12)14(24)23-5-1-4-17(8-23)15(25)20-16(26)21-17/h2-3,6-7H,1,4-5,8H2,(H2,20,21,25,26). The fraction of sp³-hybridized carbons (Fsp3) is 0.294. The van der Waals surface area contributed by atoms with E-state index in [1.165, 1.54) is 0 Å². The lowest BCUT2D eigenvalue weighted by atomic mass is 9.89. The van der Waals surface area contributed by atoms with Gasteiger partial charge in [0.05, 0.1) is 22.3 Å². The molecule has 4 rings (SSSR count). The monoisotopic (exact) mass is 424 g/mol. The molecule has 0 aliphatic carbocycles. The van der Waals surface area contributed by atoms with Crippen molar-refractivity contribution in [3.63, 3.8) is 0 Å². The fourth-order valence-electron chi connectivity index (χ4n) is 3.37. The molecule has 10 heteroatoms. The summed E-state index contributed by atoms with van der Waals surface area (Å²) >= 11 is 13.1. The van der Waals surface area contributed by atoms with Crippen molar-refractivity contribution < 1.29 is 14.4 Å². The van der Waals surface area contributed by atoms with Crippen molar-refractivity contribution in [2.24, 2.45) is 0 Å². The number of hydrogen-bond donors (Lipinski definition) is 2. The summed E-state index contributed by atoms with van der Waals surface area (Å²) < 4.78 is 4.33. The highest BCUT2D eigenvalue weighted by Crippen LogP contribution is 2.31. The summed E-state index contributed by atoms with van der Waals surface area (Å²) in [5.41, 5.74) is 0.347. The van der Waals surface area contributed by atoms with Crippen LogP contribution in [-0.4, -0.2) is 45.7 Å². The Morgan fingerprint density at radius 2 is 2.04 bits per heavy atom. The maximum atomic E-state index is 12.9. The number of halogens is 2. The normalized spacial score (nSPS) is 22.1. The Bertz CT molecular complexity index is 963. The van der Waals surface area contributed by atoms with Crippen LogP contribution in [0.5, 0.6) is 0 Å². The van der Waals surface area contributed by atoms with Crippen molar-refractivity contribution in [1.82, 2.24) is 19.9 Å². The minimum absolute atomic E-state index is 0.142. The molecule has 2 aliphatic rings. The van der Waals surface area contributed by atoms with Crippen LogP contribution in [0.1, 0.15) is 22.5 Å². The predicted molar refractivity (Wildman–Crippen MR) is 102 cm³/mol. The molecular weight excluding hydrogens is 411 g/mol. The zero-order valence-electron chi connectivity index (χ0n) is 13.9. The number of nitrogens with zero attached hydrogens (tertiary/aromatic N) is 2. The second kappa shape index (κ2) is 6.78. The van der Waals surface area contributed by atoms with Crippen LogP contribution in [0, 0.1) is 0 Å². The second-order valence-electron chi connectivity index (χ2n) is 6.53. The van der Waals surface area contributed by atoms with Crippen molar-refractivity contribution in [1.29, 1.82) is 0 Å². The first-order valence-corrected chi connectivity index (χ1v) is 9.76. The highest BCUT2D eigenvalue weighted by atomic mass is 35.5. The van der Waals surface area contributed by atoms with Crippen LogP contribution in [-0.2, 0) is 4.79 Å². The van der Waals surface area contributed by atoms with Crippen molar-refractivity contribution in [2.75, 3.05) is 13.1 Å². The van der Waals surface area contributed by atoms with Gasteiger partial charge in [-0.25, -0.2) is 4.79 Å². The van der Waals surface area contributed by atoms with Crippen LogP contribution in [0.4, 0.5) is 4.79 Å². The fourth-order valence-corrected chi connectivity index (χ4v) is 4.39. The third kappa shape index (κ3) is 3.28. The van der Waals surface area contributed by atoms with Gasteiger partial charge < -0.3 is 10.2 Å². The van der Waals surface area contributed by atoms with Crippen LogP contribution < -0.4 is 10.6 Å². The number of aromatic nitrogens is 1. The van der Waals surface area contributed by atoms with E-state index in [2.05, 4.69) is 15.0 Å². The molecule has 0 radical (unpaired) electrons. The van der Waals surface area contributed by atoms with Gasteiger partial charge in [0.2, 0.25) is 0 Å². The molecule has 3 heterocycles. The average Bonchev–Trinajstić information content (AvgIpc) is 3.22. The highest BCUT2D eigenvalue weighted by Gasteiger charge is 2.49. The van der Waals surface area contributed by atoms with Crippen LogP contribution in [0.15, 0.2) is 24.3 Å². The highest BCUT2D eigenvalue weighted by molar-refractivity contribution is 7.08. The first-order valence-electron chi connectivity index (χ1n) is 8.23. The van der Waals surface area contributed by atoms with E-state index in [9.17, 15) is 14.4 Å². The molecule has 140 valence electrons. The van der Waals surface area contributed by atoms with Crippen LogP contribution in [0.3, 0.4) is 0 Å². The van der Waals surface area contributed by atoms with Crippen molar-refractivity contribution in [3.05, 3.63) is 39.2 Å². The number of imide groups is 1. The molecule has 1 aromatic heterocycles. The van der Waals surface area contributed by atoms with Gasteiger partial charge in [-0.05, 0) is 42.6 Å². The van der Waals surface area contributed by atoms with Gasteiger partial charge in [-0.3, -0.25) is 14.9 Å². The molecule has 7 nitrogen and oxygen atoms in total. The van der Waals surface area contributed by atoms with E-state index in [0.717, 1.165) is 17.1 Å². The molecule has 27 heavy (non-hydrogen) atoms. The molecule has 4 amide bonds. The molecule has 2 N–H and O–H groups in total. The number of benzene rings is 1. The lowest BCUT2D eigenvalue weighted by Crippen LogP contribution is -2.59.